The Bertz CT molecular complexity index is 592. The van der Waals surface area contributed by atoms with Crippen LogP contribution in [0.25, 0.3) is 0 Å². The van der Waals surface area contributed by atoms with Crippen molar-refractivity contribution in [2.24, 2.45) is 7.05 Å². The van der Waals surface area contributed by atoms with Crippen LogP contribution in [0.3, 0.4) is 0 Å². The number of hydrogen-bond acceptors (Lipinski definition) is 3. The summed E-state index contributed by atoms with van der Waals surface area (Å²) in [5, 5.41) is 7.83. The minimum absolute atomic E-state index is 0.242. The lowest BCUT2D eigenvalue weighted by Crippen LogP contribution is -2.20. The molecule has 2 aromatic rings. The second-order valence-electron chi connectivity index (χ2n) is 5.02. The van der Waals surface area contributed by atoms with E-state index in [1.165, 1.54) is 11.3 Å². The molecule has 0 fully saturated rings. The largest absolute Gasteiger partial charge is 0.494 e. The predicted molar refractivity (Wildman–Crippen MR) is 88.8 cm³/mol. The molecule has 0 radical (unpaired) electrons. The van der Waals surface area contributed by atoms with Crippen molar-refractivity contribution in [3.63, 3.8) is 0 Å². The van der Waals surface area contributed by atoms with Crippen LogP contribution >= 0.6 is 15.9 Å². The first-order valence-corrected chi connectivity index (χ1v) is 7.94. The molecule has 0 bridgehead atoms. The first kappa shape index (κ1) is 16.0. The third kappa shape index (κ3) is 3.66. The third-order valence-electron chi connectivity index (χ3n) is 3.60. The number of nitrogens with one attached hydrogen (secondary N) is 1. The van der Waals surface area contributed by atoms with E-state index in [-0.39, 0.29) is 6.04 Å². The minimum atomic E-state index is 0.242. The number of benzene rings is 1. The first-order chi connectivity index (χ1) is 10.1. The van der Waals surface area contributed by atoms with E-state index in [4.69, 9.17) is 4.74 Å². The van der Waals surface area contributed by atoms with Crippen molar-refractivity contribution in [2.45, 2.75) is 26.3 Å². The molecule has 1 aromatic carbocycles. The Morgan fingerprint density at radius 2 is 2.00 bits per heavy atom. The zero-order chi connectivity index (χ0) is 15.4. The standard InChI is InChI=1S/C16H22BrN3O/c1-5-21-13-8-6-12(7-9-13)14(18-3)10-15-16(17)11(2)19-20(15)4/h6-9,14,18H,5,10H2,1-4H3. The lowest BCUT2D eigenvalue weighted by molar-refractivity contribution is 0.340. The van der Waals surface area contributed by atoms with Gasteiger partial charge in [-0.2, -0.15) is 5.10 Å². The second-order valence-corrected chi connectivity index (χ2v) is 5.81. The van der Waals surface area contributed by atoms with E-state index in [2.05, 4.69) is 38.5 Å². The summed E-state index contributed by atoms with van der Waals surface area (Å²) >= 11 is 3.63. The van der Waals surface area contributed by atoms with Crippen LogP contribution in [-0.2, 0) is 13.5 Å². The fourth-order valence-electron chi connectivity index (χ4n) is 2.44. The molecular formula is C16H22BrN3O. The normalized spacial score (nSPS) is 12.4. The highest BCUT2D eigenvalue weighted by molar-refractivity contribution is 9.10. The van der Waals surface area contributed by atoms with E-state index >= 15 is 0 Å². The number of rotatable bonds is 6. The van der Waals surface area contributed by atoms with Crippen molar-refractivity contribution in [3.8, 4) is 5.75 Å². The van der Waals surface area contributed by atoms with Gasteiger partial charge in [-0.25, -0.2) is 0 Å². The molecule has 4 nitrogen and oxygen atoms in total. The Balaban J connectivity index is 2.19. The molecular weight excluding hydrogens is 330 g/mol. The molecule has 0 aliphatic rings. The molecule has 1 N–H and O–H groups in total. The number of aromatic nitrogens is 2. The Hall–Kier alpha value is -1.33. The molecule has 21 heavy (non-hydrogen) atoms. The minimum Gasteiger partial charge on any atom is -0.494 e. The fraction of sp³-hybridized carbons (Fsp3) is 0.438. The zero-order valence-electron chi connectivity index (χ0n) is 13.0. The number of ether oxygens (including phenoxy) is 1. The van der Waals surface area contributed by atoms with Gasteiger partial charge in [-0.15, -0.1) is 0 Å². The molecule has 2 rings (SSSR count). The van der Waals surface area contributed by atoms with Crippen LogP contribution in [0.15, 0.2) is 28.7 Å². The highest BCUT2D eigenvalue weighted by Gasteiger charge is 2.17. The summed E-state index contributed by atoms with van der Waals surface area (Å²) in [5.74, 6) is 0.911. The SMILES string of the molecule is CCOc1ccc(C(Cc2c(Br)c(C)nn2C)NC)cc1. The van der Waals surface area contributed by atoms with E-state index in [9.17, 15) is 0 Å². The van der Waals surface area contributed by atoms with E-state index in [1.807, 2.05) is 44.8 Å². The van der Waals surface area contributed by atoms with Gasteiger partial charge in [0.2, 0.25) is 0 Å². The van der Waals surface area contributed by atoms with E-state index in [1.54, 1.807) is 0 Å². The summed E-state index contributed by atoms with van der Waals surface area (Å²) in [4.78, 5) is 0. The molecule has 0 amide bonds. The van der Waals surface area contributed by atoms with Crippen LogP contribution in [-0.4, -0.2) is 23.4 Å². The molecule has 0 saturated heterocycles. The molecule has 114 valence electrons. The van der Waals surface area contributed by atoms with Gasteiger partial charge >= 0.3 is 0 Å². The van der Waals surface area contributed by atoms with Gasteiger partial charge < -0.3 is 10.1 Å². The lowest BCUT2D eigenvalue weighted by atomic mass is 10.0. The van der Waals surface area contributed by atoms with Crippen molar-refractivity contribution < 1.29 is 4.74 Å². The van der Waals surface area contributed by atoms with Crippen LogP contribution in [0, 0.1) is 6.92 Å². The van der Waals surface area contributed by atoms with Crippen molar-refractivity contribution >= 4 is 15.9 Å². The molecule has 0 aliphatic heterocycles. The third-order valence-corrected chi connectivity index (χ3v) is 4.63. The van der Waals surface area contributed by atoms with Crippen molar-refractivity contribution in [3.05, 3.63) is 45.7 Å². The summed E-state index contributed by atoms with van der Waals surface area (Å²) in [6, 6.07) is 8.51. The van der Waals surface area contributed by atoms with Gasteiger partial charge in [0.15, 0.2) is 0 Å². The Morgan fingerprint density at radius 1 is 1.33 bits per heavy atom. The maximum atomic E-state index is 5.49. The average molecular weight is 352 g/mol. The summed E-state index contributed by atoms with van der Waals surface area (Å²) in [6.45, 7) is 4.70. The molecule has 0 spiro atoms. The van der Waals surface area contributed by atoms with Crippen LogP contribution in [0.2, 0.25) is 0 Å². The molecule has 1 heterocycles. The lowest BCUT2D eigenvalue weighted by Gasteiger charge is -2.17. The van der Waals surface area contributed by atoms with Gasteiger partial charge in [0.1, 0.15) is 5.75 Å². The Morgan fingerprint density at radius 3 is 2.48 bits per heavy atom. The Kier molecular flexibility index (Phi) is 5.42. The van der Waals surface area contributed by atoms with E-state index in [0.29, 0.717) is 6.61 Å². The number of hydrogen-bond donors (Lipinski definition) is 1. The van der Waals surface area contributed by atoms with Gasteiger partial charge in [-0.3, -0.25) is 4.68 Å². The van der Waals surface area contributed by atoms with Crippen LogP contribution < -0.4 is 10.1 Å². The van der Waals surface area contributed by atoms with Gasteiger partial charge in [0, 0.05) is 19.5 Å². The number of aryl methyl sites for hydroxylation is 2. The molecule has 5 heteroatoms. The van der Waals surface area contributed by atoms with E-state index in [0.717, 1.165) is 22.3 Å². The first-order valence-electron chi connectivity index (χ1n) is 7.14. The molecule has 1 aromatic heterocycles. The highest BCUT2D eigenvalue weighted by atomic mass is 79.9. The van der Waals surface area contributed by atoms with Gasteiger partial charge in [-0.05, 0) is 54.5 Å². The summed E-state index contributed by atoms with van der Waals surface area (Å²) in [6.07, 6.45) is 0.877. The number of nitrogens with zero attached hydrogens (tertiary/aromatic N) is 2. The Labute approximate surface area is 134 Å². The van der Waals surface area contributed by atoms with Crippen molar-refractivity contribution in [1.29, 1.82) is 0 Å². The molecule has 0 aliphatic carbocycles. The van der Waals surface area contributed by atoms with Crippen molar-refractivity contribution in [1.82, 2.24) is 15.1 Å². The monoisotopic (exact) mass is 351 g/mol. The fourth-order valence-corrected chi connectivity index (χ4v) is 2.94. The highest BCUT2D eigenvalue weighted by Crippen LogP contribution is 2.26. The summed E-state index contributed by atoms with van der Waals surface area (Å²) < 4.78 is 8.53. The van der Waals surface area contributed by atoms with Crippen LogP contribution in [0.4, 0.5) is 0 Å². The maximum Gasteiger partial charge on any atom is 0.119 e. The topological polar surface area (TPSA) is 39.1 Å². The predicted octanol–water partition coefficient (Wildman–Crippen LogP) is 3.39. The zero-order valence-corrected chi connectivity index (χ0v) is 14.6. The second kappa shape index (κ2) is 7.09. The smallest absolute Gasteiger partial charge is 0.119 e. The summed E-state index contributed by atoms with van der Waals surface area (Å²) in [5.41, 5.74) is 3.46. The quantitative estimate of drug-likeness (QED) is 0.866. The molecule has 1 atom stereocenters. The van der Waals surface area contributed by atoms with Gasteiger partial charge in [0.25, 0.3) is 0 Å². The van der Waals surface area contributed by atoms with Gasteiger partial charge in [-0.1, -0.05) is 12.1 Å². The molecule has 0 saturated carbocycles. The molecule has 1 unspecified atom stereocenters. The number of halogens is 1. The van der Waals surface area contributed by atoms with Crippen LogP contribution in [0.1, 0.15) is 29.9 Å². The average Bonchev–Trinajstić information content (AvgIpc) is 2.72. The maximum absolute atomic E-state index is 5.49. The van der Waals surface area contributed by atoms with Crippen LogP contribution in [0.5, 0.6) is 5.75 Å². The summed E-state index contributed by atoms with van der Waals surface area (Å²) in [7, 11) is 3.97. The number of likely N-dealkylation sites (N-methyl/N-ethyl adjacent to an activating group) is 1. The van der Waals surface area contributed by atoms with Gasteiger partial charge in [0.05, 0.1) is 22.5 Å². The van der Waals surface area contributed by atoms with E-state index < -0.39 is 0 Å². The van der Waals surface area contributed by atoms with Crippen molar-refractivity contribution in [2.75, 3.05) is 13.7 Å².